The standard InChI is InChI=1S/C16H18N4O3/c1-11(2)8-13-17-14(23-18-13)9-20-15(21)10-19(16(20)22)12-6-4-3-5-7-12/h3-7,11H,8-10H2,1-2H3. The van der Waals surface area contributed by atoms with E-state index < -0.39 is 0 Å². The van der Waals surface area contributed by atoms with Gasteiger partial charge in [0, 0.05) is 12.1 Å². The number of imide groups is 1. The first-order chi connectivity index (χ1) is 11.0. The Morgan fingerprint density at radius 3 is 2.65 bits per heavy atom. The summed E-state index contributed by atoms with van der Waals surface area (Å²) in [4.78, 5) is 31.4. The number of hydrogen-bond donors (Lipinski definition) is 0. The molecule has 1 fully saturated rings. The molecule has 0 radical (unpaired) electrons. The molecule has 0 aliphatic carbocycles. The van der Waals surface area contributed by atoms with Crippen molar-refractivity contribution in [2.24, 2.45) is 5.92 Å². The fourth-order valence-electron chi connectivity index (χ4n) is 2.44. The van der Waals surface area contributed by atoms with Crippen molar-refractivity contribution in [1.82, 2.24) is 15.0 Å². The number of amides is 3. The van der Waals surface area contributed by atoms with Gasteiger partial charge in [-0.1, -0.05) is 37.2 Å². The zero-order valence-electron chi connectivity index (χ0n) is 13.1. The lowest BCUT2D eigenvalue weighted by Gasteiger charge is -2.15. The lowest BCUT2D eigenvalue weighted by Crippen LogP contribution is -2.32. The van der Waals surface area contributed by atoms with Crippen LogP contribution < -0.4 is 4.90 Å². The second kappa shape index (κ2) is 6.20. The summed E-state index contributed by atoms with van der Waals surface area (Å²) in [6.07, 6.45) is 0.696. The number of rotatable bonds is 5. The molecule has 0 saturated carbocycles. The third kappa shape index (κ3) is 3.23. The number of carbonyl (C=O) groups excluding carboxylic acids is 2. The molecule has 0 bridgehead atoms. The number of hydrogen-bond acceptors (Lipinski definition) is 5. The Bertz CT molecular complexity index is 711. The largest absolute Gasteiger partial charge is 0.337 e. The van der Waals surface area contributed by atoms with Gasteiger partial charge in [-0.2, -0.15) is 4.98 Å². The summed E-state index contributed by atoms with van der Waals surface area (Å²) < 4.78 is 5.14. The van der Waals surface area contributed by atoms with Crippen molar-refractivity contribution < 1.29 is 14.1 Å². The predicted octanol–water partition coefficient (Wildman–Crippen LogP) is 2.24. The molecular formula is C16H18N4O3. The third-order valence-corrected chi connectivity index (χ3v) is 3.52. The van der Waals surface area contributed by atoms with E-state index in [1.54, 1.807) is 12.1 Å². The molecule has 7 heteroatoms. The molecule has 0 atom stereocenters. The highest BCUT2D eigenvalue weighted by molar-refractivity contribution is 6.12. The van der Waals surface area contributed by atoms with Crippen LogP contribution in [-0.2, 0) is 17.8 Å². The van der Waals surface area contributed by atoms with E-state index in [0.29, 0.717) is 23.9 Å². The average molecular weight is 314 g/mol. The van der Waals surface area contributed by atoms with Crippen LogP contribution in [0.1, 0.15) is 25.6 Å². The summed E-state index contributed by atoms with van der Waals surface area (Å²) in [6, 6.07) is 8.73. The zero-order chi connectivity index (χ0) is 16.4. The molecule has 0 unspecified atom stereocenters. The van der Waals surface area contributed by atoms with Gasteiger partial charge in [0.1, 0.15) is 13.1 Å². The number of aromatic nitrogens is 2. The number of anilines is 1. The normalized spacial score (nSPS) is 15.1. The molecule has 2 aromatic rings. The van der Waals surface area contributed by atoms with E-state index in [1.165, 1.54) is 4.90 Å². The van der Waals surface area contributed by atoms with Crippen molar-refractivity contribution in [3.63, 3.8) is 0 Å². The first kappa shape index (κ1) is 15.2. The van der Waals surface area contributed by atoms with Crippen molar-refractivity contribution >= 4 is 17.6 Å². The van der Waals surface area contributed by atoms with Crippen LogP contribution in [0.5, 0.6) is 0 Å². The quantitative estimate of drug-likeness (QED) is 0.791. The summed E-state index contributed by atoms with van der Waals surface area (Å²) in [5, 5.41) is 3.88. The molecule has 2 heterocycles. The first-order valence-electron chi connectivity index (χ1n) is 7.53. The maximum atomic E-state index is 12.4. The van der Waals surface area contributed by atoms with Gasteiger partial charge in [0.2, 0.25) is 5.89 Å². The smallest absolute Gasteiger partial charge is 0.332 e. The Kier molecular flexibility index (Phi) is 4.10. The molecule has 0 N–H and O–H groups in total. The maximum Gasteiger partial charge on any atom is 0.332 e. The van der Waals surface area contributed by atoms with Gasteiger partial charge in [0.05, 0.1) is 0 Å². The molecule has 1 aromatic carbocycles. The molecule has 1 aliphatic heterocycles. The molecule has 3 rings (SSSR count). The molecule has 23 heavy (non-hydrogen) atoms. The molecule has 1 aliphatic rings. The minimum Gasteiger partial charge on any atom is -0.337 e. The molecule has 7 nitrogen and oxygen atoms in total. The summed E-state index contributed by atoms with van der Waals surface area (Å²) in [5.41, 5.74) is 0.694. The molecule has 0 spiro atoms. The van der Waals surface area contributed by atoms with Crippen molar-refractivity contribution in [2.75, 3.05) is 11.4 Å². The lowest BCUT2D eigenvalue weighted by atomic mass is 10.1. The van der Waals surface area contributed by atoms with Crippen LogP contribution in [-0.4, -0.2) is 33.5 Å². The second-order valence-corrected chi connectivity index (χ2v) is 5.89. The predicted molar refractivity (Wildman–Crippen MR) is 82.6 cm³/mol. The van der Waals surface area contributed by atoms with E-state index in [0.717, 1.165) is 4.90 Å². The Balaban J connectivity index is 1.72. The minimum atomic E-state index is -0.371. The number of benzene rings is 1. The van der Waals surface area contributed by atoms with Crippen molar-refractivity contribution in [2.45, 2.75) is 26.8 Å². The van der Waals surface area contributed by atoms with Crippen LogP contribution in [0.25, 0.3) is 0 Å². The molecule has 1 aromatic heterocycles. The maximum absolute atomic E-state index is 12.4. The number of carbonyl (C=O) groups is 2. The second-order valence-electron chi connectivity index (χ2n) is 5.89. The third-order valence-electron chi connectivity index (χ3n) is 3.52. The Morgan fingerprint density at radius 1 is 1.22 bits per heavy atom. The van der Waals surface area contributed by atoms with E-state index >= 15 is 0 Å². The van der Waals surface area contributed by atoms with Crippen molar-refractivity contribution in [1.29, 1.82) is 0 Å². The van der Waals surface area contributed by atoms with E-state index in [-0.39, 0.29) is 30.9 Å². The van der Waals surface area contributed by atoms with Crippen LogP contribution in [0, 0.1) is 5.92 Å². The van der Waals surface area contributed by atoms with E-state index in [1.807, 2.05) is 18.2 Å². The highest BCUT2D eigenvalue weighted by Gasteiger charge is 2.37. The van der Waals surface area contributed by atoms with Gasteiger partial charge in [-0.25, -0.2) is 4.79 Å². The SMILES string of the molecule is CC(C)Cc1noc(CN2C(=O)CN(c3ccccc3)C2=O)n1. The molecule has 3 amide bonds. The summed E-state index contributed by atoms with van der Waals surface area (Å²) >= 11 is 0. The van der Waals surface area contributed by atoms with Gasteiger partial charge in [-0.15, -0.1) is 0 Å². The first-order valence-corrected chi connectivity index (χ1v) is 7.53. The number of urea groups is 1. The molecule has 120 valence electrons. The number of para-hydroxylation sites is 1. The van der Waals surface area contributed by atoms with E-state index in [2.05, 4.69) is 24.0 Å². The zero-order valence-corrected chi connectivity index (χ0v) is 13.1. The topological polar surface area (TPSA) is 79.5 Å². The molecule has 1 saturated heterocycles. The Labute approximate surface area is 133 Å². The van der Waals surface area contributed by atoms with Crippen LogP contribution in [0.4, 0.5) is 10.5 Å². The monoisotopic (exact) mass is 314 g/mol. The van der Waals surface area contributed by atoms with Crippen LogP contribution in [0.3, 0.4) is 0 Å². The minimum absolute atomic E-state index is 0.00605. The van der Waals surface area contributed by atoms with Gasteiger partial charge in [0.25, 0.3) is 5.91 Å². The van der Waals surface area contributed by atoms with Gasteiger partial charge < -0.3 is 4.52 Å². The molecular weight excluding hydrogens is 296 g/mol. The lowest BCUT2D eigenvalue weighted by molar-refractivity contribution is -0.125. The van der Waals surface area contributed by atoms with Crippen molar-refractivity contribution in [3.05, 3.63) is 42.0 Å². The fourth-order valence-corrected chi connectivity index (χ4v) is 2.44. The number of nitrogens with zero attached hydrogens (tertiary/aromatic N) is 4. The summed E-state index contributed by atoms with van der Waals surface area (Å²) in [6.45, 7) is 4.14. The summed E-state index contributed by atoms with van der Waals surface area (Å²) in [5.74, 6) is 0.998. The van der Waals surface area contributed by atoms with E-state index in [4.69, 9.17) is 4.52 Å². The fraction of sp³-hybridized carbons (Fsp3) is 0.375. The van der Waals surface area contributed by atoms with Crippen molar-refractivity contribution in [3.8, 4) is 0 Å². The Hall–Kier alpha value is -2.70. The van der Waals surface area contributed by atoms with Crippen LogP contribution >= 0.6 is 0 Å². The van der Waals surface area contributed by atoms with E-state index in [9.17, 15) is 9.59 Å². The highest BCUT2D eigenvalue weighted by Crippen LogP contribution is 2.21. The Morgan fingerprint density at radius 2 is 1.96 bits per heavy atom. The van der Waals surface area contributed by atoms with Gasteiger partial charge in [0.15, 0.2) is 5.82 Å². The van der Waals surface area contributed by atoms with Gasteiger partial charge in [-0.05, 0) is 18.1 Å². The highest BCUT2D eigenvalue weighted by atomic mass is 16.5. The van der Waals surface area contributed by atoms with Gasteiger partial charge >= 0.3 is 6.03 Å². The average Bonchev–Trinajstić information content (AvgIpc) is 3.07. The van der Waals surface area contributed by atoms with Gasteiger partial charge in [-0.3, -0.25) is 14.6 Å². The van der Waals surface area contributed by atoms with Crippen LogP contribution in [0.2, 0.25) is 0 Å². The van der Waals surface area contributed by atoms with Crippen LogP contribution in [0.15, 0.2) is 34.9 Å². The summed E-state index contributed by atoms with van der Waals surface area (Å²) in [7, 11) is 0.